The number of hydrogen-bond donors (Lipinski definition) is 0. The van der Waals surface area contributed by atoms with E-state index in [2.05, 4.69) is 53.2 Å². The molecule has 152 valence electrons. The van der Waals surface area contributed by atoms with Crippen LogP contribution in [0.1, 0.15) is 24.8 Å². The number of carbonyl (C=O) groups is 1. The number of rotatable bonds is 7. The Morgan fingerprint density at radius 2 is 2.14 bits per heavy atom. The number of carbonyl (C=O) groups excluding carboxylic acids is 1. The van der Waals surface area contributed by atoms with Crippen molar-refractivity contribution in [3.05, 3.63) is 52.5 Å². The Bertz CT molecular complexity index is 984. The predicted octanol–water partition coefficient (Wildman–Crippen LogP) is 6.06. The summed E-state index contributed by atoms with van der Waals surface area (Å²) in [6, 6.07) is 14.5. The second kappa shape index (κ2) is 9.60. The first-order valence-electron chi connectivity index (χ1n) is 9.76. The molecule has 3 aromatic rings. The lowest BCUT2D eigenvalue weighted by molar-refractivity contribution is -0.118. The summed E-state index contributed by atoms with van der Waals surface area (Å²) in [6.45, 7) is 3.44. The SMILES string of the molecule is Cc1ccc(SCCC(=O)N(CC2CCCO2)c2nc3ccc(Br)cc3s2)cc1. The number of hydrogen-bond acceptors (Lipinski definition) is 5. The lowest BCUT2D eigenvalue weighted by Crippen LogP contribution is -2.37. The van der Waals surface area contributed by atoms with E-state index in [-0.39, 0.29) is 12.0 Å². The van der Waals surface area contributed by atoms with Crippen molar-refractivity contribution in [3.63, 3.8) is 0 Å². The number of aromatic nitrogens is 1. The summed E-state index contributed by atoms with van der Waals surface area (Å²) in [4.78, 5) is 20.9. The monoisotopic (exact) mass is 490 g/mol. The first-order chi connectivity index (χ1) is 14.1. The average molecular weight is 491 g/mol. The van der Waals surface area contributed by atoms with Crippen molar-refractivity contribution in [2.45, 2.75) is 37.2 Å². The van der Waals surface area contributed by atoms with Gasteiger partial charge in [-0.3, -0.25) is 9.69 Å². The molecule has 1 atom stereocenters. The van der Waals surface area contributed by atoms with Gasteiger partial charge < -0.3 is 4.74 Å². The molecule has 1 aliphatic heterocycles. The minimum atomic E-state index is 0.0995. The number of anilines is 1. The fraction of sp³-hybridized carbons (Fsp3) is 0.364. The van der Waals surface area contributed by atoms with Crippen LogP contribution in [0.25, 0.3) is 10.2 Å². The first-order valence-corrected chi connectivity index (χ1v) is 12.4. The highest BCUT2D eigenvalue weighted by molar-refractivity contribution is 9.10. The smallest absolute Gasteiger partial charge is 0.229 e. The lowest BCUT2D eigenvalue weighted by Gasteiger charge is -2.23. The molecule has 1 aromatic heterocycles. The van der Waals surface area contributed by atoms with Crippen molar-refractivity contribution in [1.82, 2.24) is 4.98 Å². The van der Waals surface area contributed by atoms with Gasteiger partial charge in [0.05, 0.1) is 22.9 Å². The number of halogens is 1. The Hall–Kier alpha value is -1.41. The Morgan fingerprint density at radius 3 is 2.90 bits per heavy atom. The molecule has 0 bridgehead atoms. The Morgan fingerprint density at radius 1 is 1.31 bits per heavy atom. The Labute approximate surface area is 187 Å². The third kappa shape index (κ3) is 5.40. The molecule has 1 aliphatic rings. The van der Waals surface area contributed by atoms with Gasteiger partial charge in [0.25, 0.3) is 0 Å². The molecule has 2 aromatic carbocycles. The molecule has 4 rings (SSSR count). The van der Waals surface area contributed by atoms with Crippen LogP contribution in [0, 0.1) is 6.92 Å². The number of nitrogens with zero attached hydrogens (tertiary/aromatic N) is 2. The highest BCUT2D eigenvalue weighted by Crippen LogP contribution is 2.32. The van der Waals surface area contributed by atoms with Crippen molar-refractivity contribution in [3.8, 4) is 0 Å². The van der Waals surface area contributed by atoms with Gasteiger partial charge in [0.2, 0.25) is 5.91 Å². The zero-order valence-electron chi connectivity index (χ0n) is 16.3. The van der Waals surface area contributed by atoms with Crippen LogP contribution in [0.2, 0.25) is 0 Å². The summed E-state index contributed by atoms with van der Waals surface area (Å²) >= 11 is 6.80. The van der Waals surface area contributed by atoms with Crippen molar-refractivity contribution >= 4 is 60.3 Å². The van der Waals surface area contributed by atoms with Crippen LogP contribution in [-0.4, -0.2) is 35.9 Å². The zero-order valence-corrected chi connectivity index (χ0v) is 19.5. The van der Waals surface area contributed by atoms with Gasteiger partial charge in [-0.1, -0.05) is 45.0 Å². The van der Waals surface area contributed by atoms with E-state index in [1.807, 2.05) is 17.0 Å². The quantitative estimate of drug-likeness (QED) is 0.377. The molecule has 0 radical (unpaired) electrons. The van der Waals surface area contributed by atoms with Gasteiger partial charge in [-0.05, 0) is 50.1 Å². The predicted molar refractivity (Wildman–Crippen MR) is 125 cm³/mol. The van der Waals surface area contributed by atoms with Crippen molar-refractivity contribution in [1.29, 1.82) is 0 Å². The number of amides is 1. The summed E-state index contributed by atoms with van der Waals surface area (Å²) in [7, 11) is 0. The molecule has 0 N–H and O–H groups in total. The molecule has 7 heteroatoms. The van der Waals surface area contributed by atoms with Gasteiger partial charge in [0, 0.05) is 28.1 Å². The van der Waals surface area contributed by atoms with Crippen molar-refractivity contribution in [2.24, 2.45) is 0 Å². The van der Waals surface area contributed by atoms with E-state index in [0.717, 1.165) is 45.0 Å². The van der Waals surface area contributed by atoms with Gasteiger partial charge in [-0.25, -0.2) is 4.98 Å². The maximum absolute atomic E-state index is 13.1. The van der Waals surface area contributed by atoms with E-state index in [1.165, 1.54) is 10.5 Å². The normalized spacial score (nSPS) is 16.4. The summed E-state index contributed by atoms with van der Waals surface area (Å²) < 4.78 is 7.90. The van der Waals surface area contributed by atoms with E-state index in [9.17, 15) is 4.79 Å². The maximum Gasteiger partial charge on any atom is 0.229 e. The number of benzene rings is 2. The topological polar surface area (TPSA) is 42.4 Å². The number of fused-ring (bicyclic) bond motifs is 1. The molecule has 4 nitrogen and oxygen atoms in total. The second-order valence-corrected chi connectivity index (χ2v) is 10.3. The summed E-state index contributed by atoms with van der Waals surface area (Å²) in [6.07, 6.45) is 2.63. The van der Waals surface area contributed by atoms with Gasteiger partial charge in [0.15, 0.2) is 5.13 Å². The fourth-order valence-electron chi connectivity index (χ4n) is 3.31. The van der Waals surface area contributed by atoms with Crippen LogP contribution in [0.5, 0.6) is 0 Å². The highest BCUT2D eigenvalue weighted by Gasteiger charge is 2.26. The zero-order chi connectivity index (χ0) is 20.2. The summed E-state index contributed by atoms with van der Waals surface area (Å²) in [5.74, 6) is 0.860. The van der Waals surface area contributed by atoms with E-state index >= 15 is 0 Å². The Kier molecular flexibility index (Phi) is 6.90. The molecule has 0 spiro atoms. The molecule has 29 heavy (non-hydrogen) atoms. The summed E-state index contributed by atoms with van der Waals surface area (Å²) in [5.41, 5.74) is 2.17. The third-order valence-corrected chi connectivity index (χ3v) is 7.44. The number of ether oxygens (including phenoxy) is 1. The summed E-state index contributed by atoms with van der Waals surface area (Å²) in [5, 5.41) is 0.763. The van der Waals surface area contributed by atoms with Gasteiger partial charge in [0.1, 0.15) is 0 Å². The molecule has 1 unspecified atom stereocenters. The van der Waals surface area contributed by atoms with Crippen LogP contribution in [0.3, 0.4) is 0 Å². The molecular formula is C22H23BrN2O2S2. The molecule has 0 saturated carbocycles. The highest BCUT2D eigenvalue weighted by atomic mass is 79.9. The number of thiazole rings is 1. The largest absolute Gasteiger partial charge is 0.376 e. The standard InChI is InChI=1S/C22H23BrN2O2S2/c1-15-4-7-18(8-5-15)28-12-10-21(26)25(14-17-3-2-11-27-17)22-24-19-9-6-16(23)13-20(19)29-22/h4-9,13,17H,2-3,10-12,14H2,1H3. The van der Waals surface area contributed by atoms with Crippen LogP contribution in [-0.2, 0) is 9.53 Å². The molecular weight excluding hydrogens is 468 g/mol. The van der Waals surface area contributed by atoms with Crippen LogP contribution >= 0.6 is 39.0 Å². The number of thioether (sulfide) groups is 1. The minimum Gasteiger partial charge on any atom is -0.376 e. The number of aryl methyl sites for hydroxylation is 1. The van der Waals surface area contributed by atoms with E-state index in [0.29, 0.717) is 13.0 Å². The van der Waals surface area contributed by atoms with Gasteiger partial charge in [-0.2, -0.15) is 0 Å². The second-order valence-electron chi connectivity index (χ2n) is 7.16. The first kappa shape index (κ1) is 20.8. The van der Waals surface area contributed by atoms with E-state index in [4.69, 9.17) is 9.72 Å². The van der Waals surface area contributed by atoms with Gasteiger partial charge >= 0.3 is 0 Å². The van der Waals surface area contributed by atoms with Crippen LogP contribution in [0.4, 0.5) is 5.13 Å². The molecule has 1 fully saturated rings. The lowest BCUT2D eigenvalue weighted by atomic mass is 10.2. The van der Waals surface area contributed by atoms with Crippen LogP contribution in [0.15, 0.2) is 51.8 Å². The molecule has 1 amide bonds. The average Bonchev–Trinajstić information content (AvgIpc) is 3.36. The molecule has 0 aliphatic carbocycles. The van der Waals surface area contributed by atoms with Crippen LogP contribution < -0.4 is 4.90 Å². The maximum atomic E-state index is 13.1. The van der Waals surface area contributed by atoms with E-state index in [1.54, 1.807) is 23.1 Å². The molecule has 1 saturated heterocycles. The van der Waals surface area contributed by atoms with E-state index < -0.39 is 0 Å². The minimum absolute atomic E-state index is 0.0995. The fourth-order valence-corrected chi connectivity index (χ4v) is 5.69. The molecule has 2 heterocycles. The van der Waals surface area contributed by atoms with Crippen molar-refractivity contribution < 1.29 is 9.53 Å². The third-order valence-electron chi connectivity index (χ3n) is 4.89. The Balaban J connectivity index is 1.47. The van der Waals surface area contributed by atoms with Crippen molar-refractivity contribution in [2.75, 3.05) is 23.8 Å². The van der Waals surface area contributed by atoms with Gasteiger partial charge in [-0.15, -0.1) is 11.8 Å².